The zero-order valence-corrected chi connectivity index (χ0v) is 17.6. The van der Waals surface area contributed by atoms with Crippen molar-refractivity contribution >= 4 is 28.5 Å². The summed E-state index contributed by atoms with van der Waals surface area (Å²) >= 11 is 0. The molecular weight excluding hydrogens is 380 g/mol. The Balaban J connectivity index is 1.38. The van der Waals surface area contributed by atoms with Crippen molar-refractivity contribution in [2.75, 3.05) is 74.3 Å². The fraction of sp³-hybridized carbons (Fsp3) is 0.455. The van der Waals surface area contributed by atoms with Gasteiger partial charge in [-0.1, -0.05) is 0 Å². The highest BCUT2D eigenvalue weighted by molar-refractivity contribution is 5.89. The Morgan fingerprint density at radius 2 is 1.60 bits per heavy atom. The van der Waals surface area contributed by atoms with E-state index < -0.39 is 0 Å². The van der Waals surface area contributed by atoms with Gasteiger partial charge in [-0.25, -0.2) is 0 Å². The van der Waals surface area contributed by atoms with Gasteiger partial charge in [-0.05, 0) is 37.3 Å². The van der Waals surface area contributed by atoms with Crippen molar-refractivity contribution in [3.63, 3.8) is 0 Å². The molecule has 30 heavy (non-hydrogen) atoms. The Kier molecular flexibility index (Phi) is 5.08. The number of ether oxygens (including phenoxy) is 2. The third-order valence-corrected chi connectivity index (χ3v) is 5.90. The van der Waals surface area contributed by atoms with E-state index in [0.29, 0.717) is 0 Å². The zero-order valence-electron chi connectivity index (χ0n) is 17.6. The van der Waals surface area contributed by atoms with E-state index in [-0.39, 0.29) is 0 Å². The van der Waals surface area contributed by atoms with Gasteiger partial charge in [-0.3, -0.25) is 0 Å². The first-order chi connectivity index (χ1) is 14.7. The molecule has 0 amide bonds. The number of hydrogen-bond acceptors (Lipinski definition) is 7. The van der Waals surface area contributed by atoms with E-state index in [1.807, 2.05) is 12.1 Å². The summed E-state index contributed by atoms with van der Waals surface area (Å²) < 4.78 is 10.8. The summed E-state index contributed by atoms with van der Waals surface area (Å²) in [4.78, 5) is 20.3. The SMILES string of the molecule is COc1ccc(N2CCN(c3nc(N4CCOCC4)nc4[nH]c(C)cc34)CC2)cc1. The average molecular weight is 409 g/mol. The van der Waals surface area contributed by atoms with Gasteiger partial charge < -0.3 is 29.2 Å². The lowest BCUT2D eigenvalue weighted by molar-refractivity contribution is 0.122. The number of H-pyrrole nitrogens is 1. The van der Waals surface area contributed by atoms with Crippen LogP contribution in [0.25, 0.3) is 11.0 Å². The second-order valence-corrected chi connectivity index (χ2v) is 7.83. The molecule has 1 N–H and O–H groups in total. The molecule has 2 aliphatic heterocycles. The Hall–Kier alpha value is -3.00. The molecule has 0 aliphatic carbocycles. The van der Waals surface area contributed by atoms with E-state index >= 15 is 0 Å². The van der Waals surface area contributed by atoms with Crippen LogP contribution in [0.1, 0.15) is 5.69 Å². The second kappa shape index (κ2) is 8.02. The lowest BCUT2D eigenvalue weighted by Crippen LogP contribution is -2.47. The number of aromatic nitrogens is 3. The van der Waals surface area contributed by atoms with Crippen LogP contribution in [0, 0.1) is 6.92 Å². The van der Waals surface area contributed by atoms with Gasteiger partial charge in [0, 0.05) is 50.6 Å². The predicted octanol–water partition coefficient (Wildman–Crippen LogP) is 2.44. The lowest BCUT2D eigenvalue weighted by Gasteiger charge is -2.37. The molecule has 0 unspecified atom stereocenters. The lowest BCUT2D eigenvalue weighted by atomic mass is 10.2. The summed E-state index contributed by atoms with van der Waals surface area (Å²) in [5.74, 6) is 2.71. The van der Waals surface area contributed by atoms with E-state index in [9.17, 15) is 0 Å². The number of morpholine rings is 1. The number of benzene rings is 1. The number of rotatable bonds is 4. The number of aromatic amines is 1. The maximum absolute atomic E-state index is 5.50. The molecule has 3 aromatic rings. The Morgan fingerprint density at radius 3 is 2.30 bits per heavy atom. The standard InChI is InChI=1S/C22H28N6O2/c1-16-15-19-20(23-16)24-22(28-11-13-30-14-12-28)25-21(19)27-9-7-26(8-10-27)17-3-5-18(29-2)6-4-17/h3-6,15H,7-14H2,1-2H3,(H,23,24,25). The number of hydrogen-bond donors (Lipinski definition) is 1. The average Bonchev–Trinajstić information content (AvgIpc) is 3.19. The molecule has 0 radical (unpaired) electrons. The van der Waals surface area contributed by atoms with Crippen LogP contribution in [0.2, 0.25) is 0 Å². The molecular formula is C22H28N6O2. The van der Waals surface area contributed by atoms with Crippen molar-refractivity contribution in [3.8, 4) is 5.75 Å². The van der Waals surface area contributed by atoms with Crippen LogP contribution in [-0.4, -0.2) is 74.5 Å². The van der Waals surface area contributed by atoms with E-state index in [2.05, 4.69) is 44.8 Å². The van der Waals surface area contributed by atoms with E-state index in [1.165, 1.54) is 5.69 Å². The molecule has 0 saturated carbocycles. The van der Waals surface area contributed by atoms with Gasteiger partial charge in [-0.2, -0.15) is 9.97 Å². The normalized spacial score (nSPS) is 17.6. The number of fused-ring (bicyclic) bond motifs is 1. The van der Waals surface area contributed by atoms with Gasteiger partial charge in [-0.15, -0.1) is 0 Å². The van der Waals surface area contributed by atoms with Gasteiger partial charge in [0.2, 0.25) is 5.95 Å². The molecule has 2 aliphatic rings. The molecule has 0 atom stereocenters. The fourth-order valence-corrected chi connectivity index (χ4v) is 4.23. The Bertz CT molecular complexity index is 1000. The summed E-state index contributed by atoms with van der Waals surface area (Å²) in [6, 6.07) is 10.5. The van der Waals surface area contributed by atoms with Crippen molar-refractivity contribution in [2.24, 2.45) is 0 Å². The van der Waals surface area contributed by atoms with Crippen LogP contribution in [-0.2, 0) is 4.74 Å². The number of methoxy groups -OCH3 is 1. The highest BCUT2D eigenvalue weighted by atomic mass is 16.5. The molecule has 5 rings (SSSR count). The summed E-state index contributed by atoms with van der Waals surface area (Å²) in [6.07, 6.45) is 0. The summed E-state index contributed by atoms with van der Waals surface area (Å²) in [6.45, 7) is 8.92. The van der Waals surface area contributed by atoms with Gasteiger partial charge in [0.1, 0.15) is 17.2 Å². The predicted molar refractivity (Wildman–Crippen MR) is 119 cm³/mol. The van der Waals surface area contributed by atoms with Crippen LogP contribution in [0.3, 0.4) is 0 Å². The number of aryl methyl sites for hydroxylation is 1. The van der Waals surface area contributed by atoms with Gasteiger partial charge >= 0.3 is 0 Å². The molecule has 2 fully saturated rings. The Labute approximate surface area is 176 Å². The first-order valence-corrected chi connectivity index (χ1v) is 10.6. The minimum atomic E-state index is 0.723. The third-order valence-electron chi connectivity index (χ3n) is 5.90. The van der Waals surface area contributed by atoms with Crippen LogP contribution in [0.15, 0.2) is 30.3 Å². The van der Waals surface area contributed by atoms with E-state index in [0.717, 1.165) is 86.7 Å². The monoisotopic (exact) mass is 408 g/mol. The molecule has 0 spiro atoms. The highest BCUT2D eigenvalue weighted by Crippen LogP contribution is 2.29. The second-order valence-electron chi connectivity index (χ2n) is 7.83. The molecule has 8 nitrogen and oxygen atoms in total. The van der Waals surface area contributed by atoms with Crippen LogP contribution in [0.5, 0.6) is 5.75 Å². The number of nitrogens with zero attached hydrogens (tertiary/aromatic N) is 5. The number of piperazine rings is 1. The quantitative estimate of drug-likeness (QED) is 0.711. The summed E-state index contributed by atoms with van der Waals surface area (Å²) in [5, 5.41) is 1.10. The molecule has 4 heterocycles. The van der Waals surface area contributed by atoms with Gasteiger partial charge in [0.05, 0.1) is 25.7 Å². The molecule has 8 heteroatoms. The van der Waals surface area contributed by atoms with Crippen LogP contribution < -0.4 is 19.4 Å². The van der Waals surface area contributed by atoms with Crippen molar-refractivity contribution < 1.29 is 9.47 Å². The zero-order chi connectivity index (χ0) is 20.5. The molecule has 0 bridgehead atoms. The summed E-state index contributed by atoms with van der Waals surface area (Å²) in [7, 11) is 1.70. The molecule has 158 valence electrons. The third kappa shape index (κ3) is 3.63. The Morgan fingerprint density at radius 1 is 0.900 bits per heavy atom. The van der Waals surface area contributed by atoms with Crippen LogP contribution in [0.4, 0.5) is 17.5 Å². The number of nitrogens with one attached hydrogen (secondary N) is 1. The minimum Gasteiger partial charge on any atom is -0.497 e. The smallest absolute Gasteiger partial charge is 0.229 e. The fourth-order valence-electron chi connectivity index (χ4n) is 4.23. The molecule has 1 aromatic carbocycles. The van der Waals surface area contributed by atoms with Crippen molar-refractivity contribution in [3.05, 3.63) is 36.0 Å². The van der Waals surface area contributed by atoms with Gasteiger partial charge in [0.25, 0.3) is 0 Å². The molecule has 2 aromatic heterocycles. The summed E-state index contributed by atoms with van der Waals surface area (Å²) in [5.41, 5.74) is 3.25. The largest absolute Gasteiger partial charge is 0.497 e. The maximum Gasteiger partial charge on any atom is 0.229 e. The number of anilines is 3. The van der Waals surface area contributed by atoms with Crippen molar-refractivity contribution in [2.45, 2.75) is 6.92 Å². The first kappa shape index (κ1) is 19.0. The van der Waals surface area contributed by atoms with Crippen molar-refractivity contribution in [1.82, 2.24) is 15.0 Å². The highest BCUT2D eigenvalue weighted by Gasteiger charge is 2.24. The van der Waals surface area contributed by atoms with Crippen LogP contribution >= 0.6 is 0 Å². The molecule has 2 saturated heterocycles. The van der Waals surface area contributed by atoms with E-state index in [4.69, 9.17) is 19.4 Å². The first-order valence-electron chi connectivity index (χ1n) is 10.6. The minimum absolute atomic E-state index is 0.723. The van der Waals surface area contributed by atoms with E-state index in [1.54, 1.807) is 7.11 Å². The van der Waals surface area contributed by atoms with Gasteiger partial charge in [0.15, 0.2) is 0 Å². The van der Waals surface area contributed by atoms with Crippen molar-refractivity contribution in [1.29, 1.82) is 0 Å². The maximum atomic E-state index is 5.50. The topological polar surface area (TPSA) is 69.8 Å².